The highest BCUT2D eigenvalue weighted by Gasteiger charge is 2.20. The van der Waals surface area contributed by atoms with Crippen LogP contribution in [0, 0.1) is 5.92 Å². The van der Waals surface area contributed by atoms with E-state index in [-0.39, 0.29) is 18.4 Å². The van der Waals surface area contributed by atoms with Crippen molar-refractivity contribution in [2.45, 2.75) is 26.2 Å². The van der Waals surface area contributed by atoms with Gasteiger partial charge in [-0.3, -0.25) is 9.59 Å². The van der Waals surface area contributed by atoms with Gasteiger partial charge in [0.1, 0.15) is 0 Å². The van der Waals surface area contributed by atoms with E-state index in [0.717, 1.165) is 25.0 Å². The summed E-state index contributed by atoms with van der Waals surface area (Å²) in [6, 6.07) is 6.72. The number of benzene rings is 1. The van der Waals surface area contributed by atoms with E-state index in [1.165, 1.54) is 16.2 Å². The fraction of sp³-hybridized carbons (Fsp3) is 0.353. The van der Waals surface area contributed by atoms with Gasteiger partial charge in [0.25, 0.3) is 5.91 Å². The summed E-state index contributed by atoms with van der Waals surface area (Å²) in [6.45, 7) is 2.11. The Morgan fingerprint density at radius 3 is 2.96 bits per heavy atom. The second kappa shape index (κ2) is 7.32. The Labute approximate surface area is 149 Å². The number of aromatic nitrogens is 1. The van der Waals surface area contributed by atoms with Gasteiger partial charge in [0, 0.05) is 4.88 Å². The van der Waals surface area contributed by atoms with E-state index in [4.69, 9.17) is 11.6 Å². The first-order valence-electron chi connectivity index (χ1n) is 7.84. The molecule has 2 N–H and O–H groups in total. The summed E-state index contributed by atoms with van der Waals surface area (Å²) in [5.74, 6) is -0.00559. The van der Waals surface area contributed by atoms with Crippen molar-refractivity contribution in [2.75, 3.05) is 11.9 Å². The Hall–Kier alpha value is -1.92. The maximum Gasteiger partial charge on any atom is 0.253 e. The number of hydrogen-bond donors (Lipinski definition) is 2. The smallest absolute Gasteiger partial charge is 0.253 e. The van der Waals surface area contributed by atoms with Crippen LogP contribution in [0.3, 0.4) is 0 Å². The van der Waals surface area contributed by atoms with E-state index in [1.807, 2.05) is 0 Å². The van der Waals surface area contributed by atoms with Crippen LogP contribution in [0.1, 0.15) is 34.3 Å². The standard InChI is InChI=1S/C17H18ClN3O2S/c1-10-6-7-13-14(8-10)24-17(20-13)21-15(22)9-19-16(23)11-4-2-3-5-12(11)18/h2-5,10H,6-9H2,1H3,(H,19,23)(H,20,21,22). The van der Waals surface area contributed by atoms with Crippen molar-refractivity contribution in [1.29, 1.82) is 0 Å². The lowest BCUT2D eigenvalue weighted by Crippen LogP contribution is -2.33. The third-order valence-corrected chi connectivity index (χ3v) is 5.33. The number of hydrogen-bond acceptors (Lipinski definition) is 4. The quantitative estimate of drug-likeness (QED) is 0.875. The maximum absolute atomic E-state index is 12.0. The number of nitrogens with zero attached hydrogens (tertiary/aromatic N) is 1. The number of carbonyl (C=O) groups is 2. The molecule has 3 rings (SSSR count). The Balaban J connectivity index is 1.55. The van der Waals surface area contributed by atoms with E-state index in [1.54, 1.807) is 24.3 Å². The van der Waals surface area contributed by atoms with Gasteiger partial charge in [0.15, 0.2) is 5.13 Å². The predicted molar refractivity (Wildman–Crippen MR) is 95.7 cm³/mol. The highest BCUT2D eigenvalue weighted by molar-refractivity contribution is 7.15. The third kappa shape index (κ3) is 3.94. The number of halogens is 1. The molecule has 2 aromatic rings. The number of amides is 2. The predicted octanol–water partition coefficient (Wildman–Crippen LogP) is 3.29. The van der Waals surface area contributed by atoms with Crippen molar-refractivity contribution in [1.82, 2.24) is 10.3 Å². The lowest BCUT2D eigenvalue weighted by Gasteiger charge is -2.15. The first-order chi connectivity index (χ1) is 11.5. The molecule has 0 bridgehead atoms. The average molecular weight is 364 g/mol. The number of aryl methyl sites for hydroxylation is 1. The summed E-state index contributed by atoms with van der Waals surface area (Å²) >= 11 is 7.49. The van der Waals surface area contributed by atoms with Crippen molar-refractivity contribution >= 4 is 39.9 Å². The number of fused-ring (bicyclic) bond motifs is 1. The fourth-order valence-electron chi connectivity index (χ4n) is 2.66. The summed E-state index contributed by atoms with van der Waals surface area (Å²) < 4.78 is 0. The maximum atomic E-state index is 12.0. The van der Waals surface area contributed by atoms with Crippen LogP contribution in [0.5, 0.6) is 0 Å². The number of rotatable bonds is 4. The molecule has 1 unspecified atom stereocenters. The van der Waals surface area contributed by atoms with Gasteiger partial charge in [0.2, 0.25) is 5.91 Å². The molecule has 0 aliphatic heterocycles. The summed E-state index contributed by atoms with van der Waals surface area (Å²) in [4.78, 5) is 29.8. The fourth-order valence-corrected chi connectivity index (χ4v) is 4.07. The Bertz CT molecular complexity index is 775. The van der Waals surface area contributed by atoms with Crippen molar-refractivity contribution in [2.24, 2.45) is 5.92 Å². The molecule has 126 valence electrons. The molecule has 7 heteroatoms. The molecule has 2 amide bonds. The molecule has 5 nitrogen and oxygen atoms in total. The minimum atomic E-state index is -0.372. The van der Waals surface area contributed by atoms with Gasteiger partial charge in [-0.05, 0) is 37.3 Å². The first kappa shape index (κ1) is 16.9. The summed E-state index contributed by atoms with van der Waals surface area (Å²) in [5, 5.41) is 6.29. The van der Waals surface area contributed by atoms with Gasteiger partial charge >= 0.3 is 0 Å². The molecule has 1 atom stereocenters. The summed E-state index contributed by atoms with van der Waals surface area (Å²) in [7, 11) is 0. The van der Waals surface area contributed by atoms with Crippen molar-refractivity contribution < 1.29 is 9.59 Å². The Morgan fingerprint density at radius 1 is 1.38 bits per heavy atom. The van der Waals surface area contributed by atoms with E-state index < -0.39 is 0 Å². The molecule has 0 saturated heterocycles. The highest BCUT2D eigenvalue weighted by Crippen LogP contribution is 2.31. The summed E-state index contributed by atoms with van der Waals surface area (Å²) in [6.07, 6.45) is 3.12. The average Bonchev–Trinajstić information content (AvgIpc) is 2.94. The van der Waals surface area contributed by atoms with Gasteiger partial charge in [-0.25, -0.2) is 4.98 Å². The van der Waals surface area contributed by atoms with E-state index in [0.29, 0.717) is 21.6 Å². The molecule has 24 heavy (non-hydrogen) atoms. The highest BCUT2D eigenvalue weighted by atomic mass is 35.5. The molecule has 0 fully saturated rings. The van der Waals surface area contributed by atoms with Crippen molar-refractivity contribution in [3.8, 4) is 0 Å². The molecule has 1 aliphatic carbocycles. The van der Waals surface area contributed by atoms with E-state index >= 15 is 0 Å². The zero-order valence-corrected chi connectivity index (χ0v) is 14.8. The zero-order valence-electron chi connectivity index (χ0n) is 13.3. The number of nitrogens with one attached hydrogen (secondary N) is 2. The molecular weight excluding hydrogens is 346 g/mol. The Kier molecular flexibility index (Phi) is 5.16. The van der Waals surface area contributed by atoms with Crippen LogP contribution in [0.25, 0.3) is 0 Å². The molecule has 0 spiro atoms. The molecular formula is C17H18ClN3O2S. The normalized spacial score (nSPS) is 16.3. The third-order valence-electron chi connectivity index (χ3n) is 3.96. The lowest BCUT2D eigenvalue weighted by molar-refractivity contribution is -0.115. The molecule has 1 aliphatic rings. The van der Waals surface area contributed by atoms with E-state index in [9.17, 15) is 9.59 Å². The van der Waals surface area contributed by atoms with Crippen LogP contribution >= 0.6 is 22.9 Å². The SMILES string of the molecule is CC1CCc2nc(NC(=O)CNC(=O)c3ccccc3Cl)sc2C1. The molecule has 1 aromatic carbocycles. The van der Waals surface area contributed by atoms with E-state index in [2.05, 4.69) is 22.5 Å². The zero-order chi connectivity index (χ0) is 17.1. The molecule has 0 radical (unpaired) electrons. The first-order valence-corrected chi connectivity index (χ1v) is 9.03. The van der Waals surface area contributed by atoms with Gasteiger partial charge < -0.3 is 10.6 Å². The van der Waals surface area contributed by atoms with Gasteiger partial charge in [0.05, 0.1) is 22.8 Å². The van der Waals surface area contributed by atoms with Crippen molar-refractivity contribution in [3.63, 3.8) is 0 Å². The molecule has 0 saturated carbocycles. The molecule has 1 heterocycles. The Morgan fingerprint density at radius 2 is 2.17 bits per heavy atom. The van der Waals surface area contributed by atoms with Crippen LogP contribution < -0.4 is 10.6 Å². The largest absolute Gasteiger partial charge is 0.343 e. The molecule has 1 aromatic heterocycles. The second-order valence-electron chi connectivity index (χ2n) is 5.95. The minimum absolute atomic E-state index is 0.120. The van der Waals surface area contributed by atoms with Crippen molar-refractivity contribution in [3.05, 3.63) is 45.4 Å². The van der Waals surface area contributed by atoms with Gasteiger partial charge in [-0.15, -0.1) is 11.3 Å². The van der Waals surface area contributed by atoms with Crippen LogP contribution in [0.15, 0.2) is 24.3 Å². The minimum Gasteiger partial charge on any atom is -0.343 e. The van der Waals surface area contributed by atoms with Gasteiger partial charge in [-0.2, -0.15) is 0 Å². The topological polar surface area (TPSA) is 71.1 Å². The van der Waals surface area contributed by atoms with Crippen LogP contribution in [-0.4, -0.2) is 23.3 Å². The lowest BCUT2D eigenvalue weighted by atomic mass is 9.93. The van der Waals surface area contributed by atoms with Crippen LogP contribution in [0.2, 0.25) is 5.02 Å². The monoisotopic (exact) mass is 363 g/mol. The summed E-state index contributed by atoms with van der Waals surface area (Å²) in [5.41, 5.74) is 1.44. The number of thiazole rings is 1. The number of anilines is 1. The number of carbonyl (C=O) groups excluding carboxylic acids is 2. The van der Waals surface area contributed by atoms with Crippen LogP contribution in [0.4, 0.5) is 5.13 Å². The van der Waals surface area contributed by atoms with Gasteiger partial charge in [-0.1, -0.05) is 30.7 Å². The second-order valence-corrected chi connectivity index (χ2v) is 7.44. The van der Waals surface area contributed by atoms with Crippen LogP contribution in [-0.2, 0) is 17.6 Å².